The molecule has 0 atom stereocenters. The first-order chi connectivity index (χ1) is 12.0. The summed E-state index contributed by atoms with van der Waals surface area (Å²) in [6.45, 7) is 1.98. The minimum absolute atomic E-state index is 0.0147. The Kier molecular flexibility index (Phi) is 6.57. The second-order valence-electron chi connectivity index (χ2n) is 5.93. The molecule has 0 radical (unpaired) electrons. The lowest BCUT2D eigenvalue weighted by molar-refractivity contribution is -0.128. The number of anilines is 1. The number of nitrogens with zero attached hydrogens (tertiary/aromatic N) is 1. The van der Waals surface area contributed by atoms with Crippen LogP contribution in [-0.4, -0.2) is 30.9 Å². The molecule has 0 aliphatic rings. The van der Waals surface area contributed by atoms with Crippen molar-refractivity contribution in [3.8, 4) is 5.75 Å². The predicted octanol–water partition coefficient (Wildman–Crippen LogP) is 3.24. The fourth-order valence-electron chi connectivity index (χ4n) is 2.45. The van der Waals surface area contributed by atoms with Gasteiger partial charge in [0.2, 0.25) is 11.8 Å². The van der Waals surface area contributed by atoms with Crippen LogP contribution in [0.4, 0.5) is 5.69 Å². The second-order valence-corrected chi connectivity index (χ2v) is 5.93. The van der Waals surface area contributed by atoms with Gasteiger partial charge in [-0.25, -0.2) is 0 Å². The molecule has 2 rings (SSSR count). The van der Waals surface area contributed by atoms with E-state index in [-0.39, 0.29) is 11.8 Å². The number of hydrogen-bond donors (Lipinski definition) is 1. The van der Waals surface area contributed by atoms with Gasteiger partial charge in [-0.2, -0.15) is 0 Å². The van der Waals surface area contributed by atoms with E-state index in [1.165, 1.54) is 6.92 Å². The van der Waals surface area contributed by atoms with E-state index >= 15 is 0 Å². The van der Waals surface area contributed by atoms with E-state index in [4.69, 9.17) is 4.74 Å². The first-order valence-electron chi connectivity index (χ1n) is 8.22. The monoisotopic (exact) mass is 340 g/mol. The van der Waals surface area contributed by atoms with E-state index in [9.17, 15) is 9.59 Å². The average molecular weight is 340 g/mol. The summed E-state index contributed by atoms with van der Waals surface area (Å²) in [5.74, 6) is 0.718. The third-order valence-corrected chi connectivity index (χ3v) is 4.01. The first kappa shape index (κ1) is 18.5. The number of carbonyl (C=O) groups is 2. The maximum atomic E-state index is 12.3. The van der Waals surface area contributed by atoms with Gasteiger partial charge in [-0.15, -0.1) is 0 Å². The van der Waals surface area contributed by atoms with Crippen LogP contribution in [-0.2, 0) is 22.6 Å². The lowest BCUT2D eigenvalue weighted by atomic mass is 10.1. The van der Waals surface area contributed by atoms with Crippen LogP contribution in [0, 0.1) is 0 Å². The van der Waals surface area contributed by atoms with Gasteiger partial charge in [-0.3, -0.25) is 9.59 Å². The molecule has 0 saturated carbocycles. The zero-order valence-corrected chi connectivity index (χ0v) is 14.9. The summed E-state index contributed by atoms with van der Waals surface area (Å²) >= 11 is 0. The zero-order chi connectivity index (χ0) is 18.2. The third kappa shape index (κ3) is 5.64. The maximum Gasteiger partial charge on any atom is 0.224 e. The Hall–Kier alpha value is -2.82. The fraction of sp³-hybridized carbons (Fsp3) is 0.300. The van der Waals surface area contributed by atoms with Crippen LogP contribution in [0.25, 0.3) is 0 Å². The maximum absolute atomic E-state index is 12.3. The SMILES string of the molecule is COc1cccc(CCC(=O)Nc2ccccc2CN(C)C(C)=O)c1. The smallest absolute Gasteiger partial charge is 0.224 e. The summed E-state index contributed by atoms with van der Waals surface area (Å²) in [6, 6.07) is 15.2. The molecule has 0 unspecified atom stereocenters. The molecular weight excluding hydrogens is 316 g/mol. The normalized spacial score (nSPS) is 10.2. The van der Waals surface area contributed by atoms with Crippen molar-refractivity contribution in [3.63, 3.8) is 0 Å². The molecule has 2 amide bonds. The molecule has 0 aromatic heterocycles. The largest absolute Gasteiger partial charge is 0.497 e. The molecule has 0 saturated heterocycles. The summed E-state index contributed by atoms with van der Waals surface area (Å²) < 4.78 is 5.20. The van der Waals surface area contributed by atoms with E-state index < -0.39 is 0 Å². The number of rotatable bonds is 7. The highest BCUT2D eigenvalue weighted by atomic mass is 16.5. The molecule has 0 bridgehead atoms. The minimum atomic E-state index is -0.0549. The van der Waals surface area contributed by atoms with Crippen LogP contribution in [0.3, 0.4) is 0 Å². The van der Waals surface area contributed by atoms with E-state index in [1.807, 2.05) is 48.5 Å². The molecule has 0 spiro atoms. The number of amides is 2. The van der Waals surface area contributed by atoms with Crippen LogP contribution >= 0.6 is 0 Å². The molecule has 0 fully saturated rings. The van der Waals surface area contributed by atoms with Crippen LogP contribution in [0.2, 0.25) is 0 Å². The Bertz CT molecular complexity index is 743. The molecule has 1 N–H and O–H groups in total. The Morgan fingerprint density at radius 3 is 2.60 bits per heavy atom. The van der Waals surface area contributed by atoms with Gasteiger partial charge in [-0.1, -0.05) is 30.3 Å². The molecule has 2 aromatic rings. The Balaban J connectivity index is 1.97. The van der Waals surface area contributed by atoms with Crippen molar-refractivity contribution in [1.82, 2.24) is 4.90 Å². The number of benzene rings is 2. The molecule has 0 aliphatic carbocycles. The molecule has 0 aliphatic heterocycles. The molecule has 2 aromatic carbocycles. The first-order valence-corrected chi connectivity index (χ1v) is 8.22. The summed E-state index contributed by atoms with van der Waals surface area (Å²) in [6.07, 6.45) is 1.02. The van der Waals surface area contributed by atoms with Crippen molar-refractivity contribution in [3.05, 3.63) is 59.7 Å². The Morgan fingerprint density at radius 1 is 1.12 bits per heavy atom. The standard InChI is InChI=1S/C20H24N2O3/c1-15(23)22(2)14-17-8-4-5-10-19(17)21-20(24)12-11-16-7-6-9-18(13-16)25-3/h4-10,13H,11-12,14H2,1-3H3,(H,21,24). The van der Waals surface area contributed by atoms with Gasteiger partial charge in [-0.05, 0) is 35.7 Å². The van der Waals surface area contributed by atoms with Gasteiger partial charge in [0.25, 0.3) is 0 Å². The minimum Gasteiger partial charge on any atom is -0.497 e. The molecule has 25 heavy (non-hydrogen) atoms. The highest BCUT2D eigenvalue weighted by Gasteiger charge is 2.10. The molecule has 0 heterocycles. The number of para-hydroxylation sites is 1. The fourth-order valence-corrected chi connectivity index (χ4v) is 2.45. The van der Waals surface area contributed by atoms with E-state index in [0.29, 0.717) is 19.4 Å². The summed E-state index contributed by atoms with van der Waals surface area (Å²) in [4.78, 5) is 25.3. The quantitative estimate of drug-likeness (QED) is 0.842. The van der Waals surface area contributed by atoms with Gasteiger partial charge in [0.1, 0.15) is 5.75 Å². The van der Waals surface area contributed by atoms with Crippen LogP contribution < -0.4 is 10.1 Å². The lowest BCUT2D eigenvalue weighted by Crippen LogP contribution is -2.24. The highest BCUT2D eigenvalue weighted by Crippen LogP contribution is 2.18. The number of nitrogens with one attached hydrogen (secondary N) is 1. The van der Waals surface area contributed by atoms with Crippen molar-refractivity contribution in [2.75, 3.05) is 19.5 Å². The van der Waals surface area contributed by atoms with Crippen molar-refractivity contribution >= 4 is 17.5 Å². The van der Waals surface area contributed by atoms with Crippen LogP contribution in [0.1, 0.15) is 24.5 Å². The van der Waals surface area contributed by atoms with Gasteiger partial charge in [0.15, 0.2) is 0 Å². The molecule has 5 heteroatoms. The van der Waals surface area contributed by atoms with Crippen LogP contribution in [0.5, 0.6) is 5.75 Å². The summed E-state index contributed by atoms with van der Waals surface area (Å²) in [5, 5.41) is 2.95. The van der Waals surface area contributed by atoms with Crippen molar-refractivity contribution in [1.29, 1.82) is 0 Å². The topological polar surface area (TPSA) is 58.6 Å². The number of aryl methyl sites for hydroxylation is 1. The Labute approximate surface area is 148 Å². The number of ether oxygens (including phenoxy) is 1. The van der Waals surface area contributed by atoms with Gasteiger partial charge < -0.3 is 15.0 Å². The summed E-state index contributed by atoms with van der Waals surface area (Å²) in [5.41, 5.74) is 2.71. The third-order valence-electron chi connectivity index (χ3n) is 4.01. The zero-order valence-electron chi connectivity index (χ0n) is 14.9. The van der Waals surface area contributed by atoms with Gasteiger partial charge in [0, 0.05) is 32.6 Å². The van der Waals surface area contributed by atoms with E-state index in [2.05, 4.69) is 5.32 Å². The average Bonchev–Trinajstić information content (AvgIpc) is 2.61. The number of methoxy groups -OCH3 is 1. The summed E-state index contributed by atoms with van der Waals surface area (Å²) in [7, 11) is 3.37. The highest BCUT2D eigenvalue weighted by molar-refractivity contribution is 5.91. The van der Waals surface area contributed by atoms with Gasteiger partial charge >= 0.3 is 0 Å². The van der Waals surface area contributed by atoms with Gasteiger partial charge in [0.05, 0.1) is 7.11 Å². The predicted molar refractivity (Wildman–Crippen MR) is 98.5 cm³/mol. The number of hydrogen-bond acceptors (Lipinski definition) is 3. The van der Waals surface area contributed by atoms with Crippen molar-refractivity contribution in [2.24, 2.45) is 0 Å². The Morgan fingerprint density at radius 2 is 1.88 bits per heavy atom. The molecule has 5 nitrogen and oxygen atoms in total. The number of carbonyl (C=O) groups excluding carboxylic acids is 2. The van der Waals surface area contributed by atoms with E-state index in [1.54, 1.807) is 19.1 Å². The molecule has 132 valence electrons. The van der Waals surface area contributed by atoms with E-state index in [0.717, 1.165) is 22.6 Å². The molecular formula is C20H24N2O3. The lowest BCUT2D eigenvalue weighted by Gasteiger charge is -2.18. The van der Waals surface area contributed by atoms with Crippen molar-refractivity contribution < 1.29 is 14.3 Å². The van der Waals surface area contributed by atoms with Crippen molar-refractivity contribution in [2.45, 2.75) is 26.3 Å². The second kappa shape index (κ2) is 8.87. The van der Waals surface area contributed by atoms with Crippen LogP contribution in [0.15, 0.2) is 48.5 Å².